The third-order valence-corrected chi connectivity index (χ3v) is 4.46. The first-order chi connectivity index (χ1) is 12.5. The monoisotopic (exact) mass is 372 g/mol. The van der Waals surface area contributed by atoms with Crippen molar-refractivity contribution in [2.24, 2.45) is 0 Å². The lowest BCUT2D eigenvalue weighted by atomic mass is 10.1. The van der Waals surface area contributed by atoms with Gasteiger partial charge in [0.2, 0.25) is 0 Å². The maximum absolute atomic E-state index is 11.0. The Hall–Kier alpha value is -2.30. The van der Waals surface area contributed by atoms with Crippen LogP contribution in [0.1, 0.15) is 35.0 Å². The Balaban J connectivity index is 0.000000758. The van der Waals surface area contributed by atoms with Crippen LogP contribution in [0, 0.1) is 0 Å². The predicted octanol–water partition coefficient (Wildman–Crippen LogP) is 4.83. The van der Waals surface area contributed by atoms with E-state index in [0.29, 0.717) is 12.1 Å². The fourth-order valence-corrected chi connectivity index (χ4v) is 3.27. The molecule has 4 nitrogen and oxygen atoms in total. The number of aromatic nitrogens is 1. The fourth-order valence-electron chi connectivity index (χ4n) is 2.91. The van der Waals surface area contributed by atoms with Crippen molar-refractivity contribution in [2.75, 3.05) is 14.1 Å². The van der Waals surface area contributed by atoms with Crippen LogP contribution in [0.25, 0.3) is 10.9 Å². The van der Waals surface area contributed by atoms with E-state index in [9.17, 15) is 4.79 Å². The molecule has 0 bridgehead atoms. The number of carboxylic acids is 1. The average molecular weight is 373 g/mol. The van der Waals surface area contributed by atoms with Gasteiger partial charge >= 0.3 is 5.97 Å². The van der Waals surface area contributed by atoms with E-state index in [-0.39, 0.29) is 0 Å². The highest BCUT2D eigenvalue weighted by atomic mass is 35.5. The summed E-state index contributed by atoms with van der Waals surface area (Å²) < 4.78 is 2.23. The van der Waals surface area contributed by atoms with Crippen molar-refractivity contribution in [1.82, 2.24) is 9.88 Å². The normalized spacial score (nSPS) is 10.5. The molecule has 1 aromatic heterocycles. The molecule has 0 fully saturated rings. The quantitative estimate of drug-likeness (QED) is 0.674. The van der Waals surface area contributed by atoms with E-state index < -0.39 is 5.97 Å². The molecule has 1 heterocycles. The summed E-state index contributed by atoms with van der Waals surface area (Å²) >= 11 is 6.58. The van der Waals surface area contributed by atoms with Crippen LogP contribution in [-0.4, -0.2) is 29.7 Å². The van der Waals surface area contributed by atoms with Gasteiger partial charge in [0, 0.05) is 17.6 Å². The number of rotatable bonds is 5. The molecule has 0 aliphatic heterocycles. The Labute approximate surface area is 159 Å². The fraction of sp³-hybridized carbons (Fsp3) is 0.286. The standard InChI is InChI=1S/C19H18ClNO2.C2H7N/c1-2-5-17-18(20)15-6-3-4-7-16(15)21(17)12-13-8-10-14(11-9-13)19(22)23;1-3-2/h3-4,6-11H,2,5,12H2,1H3,(H,22,23);3H,1-2H3. The molecule has 0 saturated heterocycles. The van der Waals surface area contributed by atoms with Crippen LogP contribution in [0.4, 0.5) is 0 Å². The smallest absolute Gasteiger partial charge is 0.335 e. The number of fused-ring (bicyclic) bond motifs is 1. The number of hydrogen-bond donors (Lipinski definition) is 2. The third kappa shape index (κ3) is 4.45. The zero-order valence-corrected chi connectivity index (χ0v) is 16.2. The molecule has 138 valence electrons. The van der Waals surface area contributed by atoms with Crippen LogP contribution in [0.5, 0.6) is 0 Å². The minimum Gasteiger partial charge on any atom is -0.478 e. The van der Waals surface area contributed by atoms with Crippen LogP contribution in [0.3, 0.4) is 0 Å². The van der Waals surface area contributed by atoms with Gasteiger partial charge in [-0.25, -0.2) is 4.79 Å². The van der Waals surface area contributed by atoms with E-state index in [1.165, 1.54) is 0 Å². The van der Waals surface area contributed by atoms with E-state index in [1.807, 2.05) is 44.4 Å². The number of nitrogens with one attached hydrogen (secondary N) is 1. The van der Waals surface area contributed by atoms with Crippen molar-refractivity contribution in [2.45, 2.75) is 26.3 Å². The summed E-state index contributed by atoms with van der Waals surface area (Å²) in [5.41, 5.74) is 3.61. The molecule has 0 aliphatic rings. The van der Waals surface area contributed by atoms with Crippen LogP contribution in [0.15, 0.2) is 48.5 Å². The number of aromatic carboxylic acids is 1. The zero-order chi connectivity index (χ0) is 19.1. The summed E-state index contributed by atoms with van der Waals surface area (Å²) in [7, 11) is 3.75. The van der Waals surface area contributed by atoms with Crippen molar-refractivity contribution in [1.29, 1.82) is 0 Å². The van der Waals surface area contributed by atoms with Gasteiger partial charge in [0.15, 0.2) is 0 Å². The molecule has 0 saturated carbocycles. The second kappa shape index (κ2) is 9.41. The summed E-state index contributed by atoms with van der Waals surface area (Å²) in [6, 6.07) is 15.1. The minimum absolute atomic E-state index is 0.304. The number of benzene rings is 2. The van der Waals surface area contributed by atoms with Gasteiger partial charge in [0.25, 0.3) is 0 Å². The molecule has 0 amide bonds. The first-order valence-electron chi connectivity index (χ1n) is 8.69. The van der Waals surface area contributed by atoms with E-state index >= 15 is 0 Å². The van der Waals surface area contributed by atoms with Crippen LogP contribution >= 0.6 is 11.6 Å². The van der Waals surface area contributed by atoms with Crippen molar-refractivity contribution >= 4 is 28.5 Å². The molecule has 2 aromatic carbocycles. The Kier molecular flexibility index (Phi) is 7.25. The van der Waals surface area contributed by atoms with Gasteiger partial charge in [-0.05, 0) is 44.3 Å². The lowest BCUT2D eigenvalue weighted by Crippen LogP contribution is -2.05. The van der Waals surface area contributed by atoms with Crippen LogP contribution in [0.2, 0.25) is 5.02 Å². The highest BCUT2D eigenvalue weighted by molar-refractivity contribution is 6.36. The third-order valence-electron chi connectivity index (χ3n) is 4.04. The number of halogens is 1. The number of hydrogen-bond acceptors (Lipinski definition) is 2. The Morgan fingerprint density at radius 2 is 1.73 bits per heavy atom. The van der Waals surface area contributed by atoms with Crippen molar-refractivity contribution < 1.29 is 9.90 Å². The highest BCUT2D eigenvalue weighted by Gasteiger charge is 2.15. The maximum Gasteiger partial charge on any atom is 0.335 e. The summed E-state index contributed by atoms with van der Waals surface area (Å²) in [5, 5.41) is 13.6. The molecule has 3 aromatic rings. The SMILES string of the molecule is CCCc1c(Cl)c2ccccc2n1Cc1ccc(C(=O)O)cc1.CNC. The Morgan fingerprint density at radius 1 is 1.12 bits per heavy atom. The molecule has 0 spiro atoms. The largest absolute Gasteiger partial charge is 0.478 e. The first-order valence-corrected chi connectivity index (χ1v) is 9.07. The highest BCUT2D eigenvalue weighted by Crippen LogP contribution is 2.32. The molecule has 0 aliphatic carbocycles. The molecule has 26 heavy (non-hydrogen) atoms. The second-order valence-electron chi connectivity index (χ2n) is 6.12. The molecule has 0 unspecified atom stereocenters. The van der Waals surface area contributed by atoms with Crippen LogP contribution < -0.4 is 5.32 Å². The number of nitrogens with zero attached hydrogens (tertiary/aromatic N) is 1. The molecule has 5 heteroatoms. The number of carboxylic acid groups (broad SMARTS) is 1. The Morgan fingerprint density at radius 3 is 2.31 bits per heavy atom. The lowest BCUT2D eigenvalue weighted by molar-refractivity contribution is 0.0697. The summed E-state index contributed by atoms with van der Waals surface area (Å²) in [4.78, 5) is 11.0. The van der Waals surface area contributed by atoms with Crippen molar-refractivity contribution in [3.63, 3.8) is 0 Å². The van der Waals surface area contributed by atoms with Gasteiger partial charge in [-0.15, -0.1) is 0 Å². The molecule has 0 atom stereocenters. The first kappa shape index (κ1) is 20.0. The van der Waals surface area contributed by atoms with E-state index in [0.717, 1.165) is 40.0 Å². The zero-order valence-electron chi connectivity index (χ0n) is 15.4. The Bertz CT molecular complexity index is 870. The molecular formula is C21H25ClN2O2. The van der Waals surface area contributed by atoms with Gasteiger partial charge in [-0.2, -0.15) is 0 Å². The summed E-state index contributed by atoms with van der Waals surface area (Å²) in [5.74, 6) is -0.905. The molecule has 3 rings (SSSR count). The van der Waals surface area contributed by atoms with E-state index in [1.54, 1.807) is 12.1 Å². The predicted molar refractivity (Wildman–Crippen MR) is 108 cm³/mol. The second-order valence-corrected chi connectivity index (χ2v) is 6.49. The lowest BCUT2D eigenvalue weighted by Gasteiger charge is -2.11. The molecule has 0 radical (unpaired) electrons. The average Bonchev–Trinajstić information content (AvgIpc) is 2.89. The molecular weight excluding hydrogens is 348 g/mol. The number of carbonyl (C=O) groups is 1. The van der Waals surface area contributed by atoms with Crippen LogP contribution in [-0.2, 0) is 13.0 Å². The van der Waals surface area contributed by atoms with Crippen molar-refractivity contribution in [3.05, 3.63) is 70.4 Å². The van der Waals surface area contributed by atoms with Gasteiger partial charge in [0.1, 0.15) is 0 Å². The number of para-hydroxylation sites is 1. The summed E-state index contributed by atoms with van der Waals surface area (Å²) in [6.45, 7) is 2.82. The van der Waals surface area contributed by atoms with Gasteiger partial charge < -0.3 is 15.0 Å². The van der Waals surface area contributed by atoms with Crippen molar-refractivity contribution in [3.8, 4) is 0 Å². The maximum atomic E-state index is 11.0. The topological polar surface area (TPSA) is 54.3 Å². The minimum atomic E-state index is -0.905. The van der Waals surface area contributed by atoms with E-state index in [2.05, 4.69) is 22.9 Å². The van der Waals surface area contributed by atoms with Gasteiger partial charge in [-0.3, -0.25) is 0 Å². The van der Waals surface area contributed by atoms with Gasteiger partial charge in [-0.1, -0.05) is 55.3 Å². The van der Waals surface area contributed by atoms with E-state index in [4.69, 9.17) is 16.7 Å². The summed E-state index contributed by atoms with van der Waals surface area (Å²) in [6.07, 6.45) is 1.94. The molecule has 2 N–H and O–H groups in total. The van der Waals surface area contributed by atoms with Gasteiger partial charge in [0.05, 0.1) is 16.1 Å².